The predicted molar refractivity (Wildman–Crippen MR) is 58.9 cm³/mol. The second-order valence-electron chi connectivity index (χ2n) is 3.20. The third-order valence-corrected chi connectivity index (χ3v) is 3.17. The fourth-order valence-electron chi connectivity index (χ4n) is 1.55. The highest BCUT2D eigenvalue weighted by atomic mass is 32.2. The van der Waals surface area contributed by atoms with Gasteiger partial charge in [-0.1, -0.05) is 0 Å². The van der Waals surface area contributed by atoms with Gasteiger partial charge in [0, 0.05) is 24.6 Å². The average Bonchev–Trinajstić information content (AvgIpc) is 2.17. The number of hydrogen-bond donors (Lipinski definition) is 3. The molecule has 1 saturated heterocycles. The lowest BCUT2D eigenvalue weighted by Gasteiger charge is -2.27. The lowest BCUT2D eigenvalue weighted by Crippen LogP contribution is -2.38. The number of aromatic nitrogens is 2. The van der Waals surface area contributed by atoms with Gasteiger partial charge in [-0.25, -0.2) is 4.79 Å². The van der Waals surface area contributed by atoms with Gasteiger partial charge in [0.25, 0.3) is 5.56 Å². The van der Waals surface area contributed by atoms with Crippen LogP contribution in [0.3, 0.4) is 0 Å². The Morgan fingerprint density at radius 1 is 1.20 bits per heavy atom. The zero-order valence-corrected chi connectivity index (χ0v) is 8.76. The Kier molecular flexibility index (Phi) is 2.72. The van der Waals surface area contributed by atoms with Gasteiger partial charge < -0.3 is 10.0 Å². The van der Waals surface area contributed by atoms with E-state index in [0.29, 0.717) is 13.1 Å². The third kappa shape index (κ3) is 2.01. The molecule has 15 heavy (non-hydrogen) atoms. The van der Waals surface area contributed by atoms with Crippen LogP contribution in [0.5, 0.6) is 5.88 Å². The summed E-state index contributed by atoms with van der Waals surface area (Å²) in [6.45, 7) is 1.40. The molecule has 1 fully saturated rings. The van der Waals surface area contributed by atoms with E-state index in [9.17, 15) is 14.7 Å². The normalized spacial score (nSPS) is 16.7. The minimum atomic E-state index is -0.687. The molecule has 0 aromatic carbocycles. The highest BCUT2D eigenvalue weighted by Crippen LogP contribution is 2.21. The highest BCUT2D eigenvalue weighted by molar-refractivity contribution is 7.99. The Morgan fingerprint density at radius 2 is 1.87 bits per heavy atom. The molecule has 1 aliphatic rings. The number of aromatic amines is 2. The molecule has 0 atom stereocenters. The van der Waals surface area contributed by atoms with E-state index in [4.69, 9.17) is 0 Å². The Morgan fingerprint density at radius 3 is 2.47 bits per heavy atom. The molecule has 7 heteroatoms. The van der Waals surface area contributed by atoms with E-state index < -0.39 is 11.2 Å². The van der Waals surface area contributed by atoms with E-state index in [0.717, 1.165) is 11.5 Å². The lowest BCUT2D eigenvalue weighted by molar-refractivity contribution is 0.447. The molecular formula is C8H11N3O3S. The first-order chi connectivity index (χ1) is 7.18. The van der Waals surface area contributed by atoms with Crippen LogP contribution in [0.25, 0.3) is 0 Å². The van der Waals surface area contributed by atoms with Gasteiger partial charge >= 0.3 is 5.69 Å². The van der Waals surface area contributed by atoms with Crippen LogP contribution in [0.1, 0.15) is 0 Å². The summed E-state index contributed by atoms with van der Waals surface area (Å²) in [7, 11) is 0. The number of rotatable bonds is 1. The SMILES string of the molecule is O=c1[nH]c(O)c(N2CCSCC2)c(=O)[nH]1. The summed E-state index contributed by atoms with van der Waals surface area (Å²) in [6.07, 6.45) is 0. The van der Waals surface area contributed by atoms with Crippen LogP contribution in [0.2, 0.25) is 0 Å². The lowest BCUT2D eigenvalue weighted by atomic mass is 10.4. The van der Waals surface area contributed by atoms with Crippen LogP contribution in [0.15, 0.2) is 9.59 Å². The summed E-state index contributed by atoms with van der Waals surface area (Å²) in [5.41, 5.74) is -1.06. The summed E-state index contributed by atoms with van der Waals surface area (Å²) in [6, 6.07) is 0. The van der Waals surface area contributed by atoms with Crippen molar-refractivity contribution < 1.29 is 5.11 Å². The molecular weight excluding hydrogens is 218 g/mol. The van der Waals surface area contributed by atoms with Gasteiger partial charge in [0.05, 0.1) is 0 Å². The molecule has 0 spiro atoms. The van der Waals surface area contributed by atoms with E-state index in [1.165, 1.54) is 0 Å². The Bertz CT molecular complexity index is 461. The summed E-state index contributed by atoms with van der Waals surface area (Å²) >= 11 is 1.80. The van der Waals surface area contributed by atoms with Crippen molar-refractivity contribution in [3.63, 3.8) is 0 Å². The zero-order valence-electron chi connectivity index (χ0n) is 7.95. The van der Waals surface area contributed by atoms with Crippen LogP contribution in [-0.2, 0) is 0 Å². The number of nitrogens with zero attached hydrogens (tertiary/aromatic N) is 1. The van der Waals surface area contributed by atoms with Gasteiger partial charge in [0.1, 0.15) is 0 Å². The van der Waals surface area contributed by atoms with Crippen LogP contribution in [0.4, 0.5) is 5.69 Å². The van der Waals surface area contributed by atoms with Crippen molar-refractivity contribution in [2.45, 2.75) is 0 Å². The maximum absolute atomic E-state index is 11.5. The second-order valence-corrected chi connectivity index (χ2v) is 4.43. The maximum Gasteiger partial charge on any atom is 0.328 e. The van der Waals surface area contributed by atoms with Crippen LogP contribution in [-0.4, -0.2) is 39.7 Å². The van der Waals surface area contributed by atoms with E-state index in [2.05, 4.69) is 9.97 Å². The van der Waals surface area contributed by atoms with Crippen molar-refractivity contribution in [1.29, 1.82) is 0 Å². The summed E-state index contributed by atoms with van der Waals surface area (Å²) in [5, 5.41) is 9.50. The molecule has 2 heterocycles. The Balaban J connectivity index is 2.42. The number of hydrogen-bond acceptors (Lipinski definition) is 5. The minimum absolute atomic E-state index is 0.162. The second kappa shape index (κ2) is 4.01. The fraction of sp³-hybridized carbons (Fsp3) is 0.500. The van der Waals surface area contributed by atoms with Gasteiger partial charge in [-0.15, -0.1) is 0 Å². The van der Waals surface area contributed by atoms with Crippen molar-refractivity contribution >= 4 is 17.4 Å². The molecule has 1 aromatic heterocycles. The molecule has 1 aliphatic heterocycles. The summed E-state index contributed by atoms with van der Waals surface area (Å²) < 4.78 is 0. The smallest absolute Gasteiger partial charge is 0.328 e. The quantitative estimate of drug-likeness (QED) is 0.594. The van der Waals surface area contributed by atoms with Gasteiger partial charge in [0.15, 0.2) is 5.69 Å². The fourth-order valence-corrected chi connectivity index (χ4v) is 2.45. The number of anilines is 1. The maximum atomic E-state index is 11.5. The first-order valence-electron chi connectivity index (χ1n) is 4.57. The van der Waals surface area contributed by atoms with Crippen LogP contribution >= 0.6 is 11.8 Å². The molecule has 0 saturated carbocycles. The molecule has 0 bridgehead atoms. The molecule has 1 aromatic rings. The van der Waals surface area contributed by atoms with Crippen molar-refractivity contribution in [2.75, 3.05) is 29.5 Å². The van der Waals surface area contributed by atoms with Crippen molar-refractivity contribution in [3.05, 3.63) is 20.8 Å². The summed E-state index contributed by atoms with van der Waals surface area (Å²) in [5.74, 6) is 1.48. The van der Waals surface area contributed by atoms with Crippen LogP contribution < -0.4 is 16.1 Å². The monoisotopic (exact) mass is 229 g/mol. The van der Waals surface area contributed by atoms with E-state index in [1.807, 2.05) is 0 Å². The predicted octanol–water partition coefficient (Wildman–Crippen LogP) is -0.678. The van der Waals surface area contributed by atoms with Gasteiger partial charge in [-0.05, 0) is 0 Å². The number of aromatic hydroxyl groups is 1. The molecule has 6 nitrogen and oxygen atoms in total. The molecule has 3 N–H and O–H groups in total. The molecule has 82 valence electrons. The van der Waals surface area contributed by atoms with Crippen LogP contribution in [0, 0.1) is 0 Å². The van der Waals surface area contributed by atoms with Gasteiger partial charge in [-0.3, -0.25) is 14.8 Å². The van der Waals surface area contributed by atoms with Crippen molar-refractivity contribution in [1.82, 2.24) is 9.97 Å². The summed E-state index contributed by atoms with van der Waals surface area (Å²) in [4.78, 5) is 28.4. The third-order valence-electron chi connectivity index (χ3n) is 2.23. The zero-order chi connectivity index (χ0) is 10.8. The number of H-pyrrole nitrogens is 2. The standard InChI is InChI=1S/C8H11N3O3S/c12-6-5(7(13)10-8(14)9-6)11-1-3-15-4-2-11/h1-4H2,(H3,9,10,12,13,14). The van der Waals surface area contributed by atoms with Gasteiger partial charge in [0.2, 0.25) is 5.88 Å². The number of thioether (sulfide) groups is 1. The average molecular weight is 229 g/mol. The molecule has 0 aliphatic carbocycles. The molecule has 0 unspecified atom stereocenters. The number of nitrogens with one attached hydrogen (secondary N) is 2. The topological polar surface area (TPSA) is 89.2 Å². The van der Waals surface area contributed by atoms with E-state index in [-0.39, 0.29) is 11.6 Å². The van der Waals surface area contributed by atoms with E-state index >= 15 is 0 Å². The first-order valence-corrected chi connectivity index (χ1v) is 5.72. The first kappa shape index (κ1) is 10.2. The largest absolute Gasteiger partial charge is 0.493 e. The van der Waals surface area contributed by atoms with E-state index in [1.54, 1.807) is 16.7 Å². The highest BCUT2D eigenvalue weighted by Gasteiger charge is 2.18. The molecule has 0 radical (unpaired) electrons. The molecule has 2 rings (SSSR count). The Hall–Kier alpha value is -1.37. The van der Waals surface area contributed by atoms with Crippen molar-refractivity contribution in [2.24, 2.45) is 0 Å². The molecule has 0 amide bonds. The Labute approximate surface area is 89.3 Å². The van der Waals surface area contributed by atoms with Gasteiger partial charge in [-0.2, -0.15) is 11.8 Å². The van der Waals surface area contributed by atoms with Crippen molar-refractivity contribution in [3.8, 4) is 5.88 Å². The minimum Gasteiger partial charge on any atom is -0.493 e.